The second-order valence-corrected chi connectivity index (χ2v) is 4.90. The SMILES string of the molecule is C=CCNCc1cccc(OC)c1OCCC(C)C. The fourth-order valence-corrected chi connectivity index (χ4v) is 1.73. The minimum Gasteiger partial charge on any atom is -0.493 e. The van der Waals surface area contributed by atoms with Crippen LogP contribution >= 0.6 is 0 Å². The molecule has 0 atom stereocenters. The quantitative estimate of drug-likeness (QED) is 0.547. The first-order valence-corrected chi connectivity index (χ1v) is 6.79. The molecule has 106 valence electrons. The summed E-state index contributed by atoms with van der Waals surface area (Å²) >= 11 is 0. The van der Waals surface area contributed by atoms with E-state index in [1.54, 1.807) is 7.11 Å². The Morgan fingerprint density at radius 3 is 2.79 bits per heavy atom. The molecule has 0 saturated heterocycles. The Bertz CT molecular complexity index is 388. The van der Waals surface area contributed by atoms with Crippen LogP contribution in [-0.2, 0) is 6.54 Å². The summed E-state index contributed by atoms with van der Waals surface area (Å²) in [5.41, 5.74) is 1.12. The molecule has 0 spiro atoms. The van der Waals surface area contributed by atoms with E-state index in [2.05, 4.69) is 31.8 Å². The summed E-state index contributed by atoms with van der Waals surface area (Å²) in [6.07, 6.45) is 2.89. The lowest BCUT2D eigenvalue weighted by Gasteiger charge is -2.16. The zero-order chi connectivity index (χ0) is 14.1. The molecule has 0 heterocycles. The first kappa shape index (κ1) is 15.6. The van der Waals surface area contributed by atoms with Gasteiger partial charge in [0.1, 0.15) is 0 Å². The Labute approximate surface area is 116 Å². The molecule has 3 heteroatoms. The van der Waals surface area contributed by atoms with Crippen LogP contribution in [0.5, 0.6) is 11.5 Å². The van der Waals surface area contributed by atoms with Crippen molar-refractivity contribution >= 4 is 0 Å². The fraction of sp³-hybridized carbons (Fsp3) is 0.500. The first-order valence-electron chi connectivity index (χ1n) is 6.79. The Hall–Kier alpha value is -1.48. The molecule has 1 aromatic rings. The van der Waals surface area contributed by atoms with Gasteiger partial charge in [0.15, 0.2) is 11.5 Å². The third-order valence-corrected chi connectivity index (χ3v) is 2.83. The van der Waals surface area contributed by atoms with Gasteiger partial charge in [-0.3, -0.25) is 0 Å². The molecule has 0 aliphatic rings. The number of ether oxygens (including phenoxy) is 2. The minimum absolute atomic E-state index is 0.636. The largest absolute Gasteiger partial charge is 0.493 e. The number of methoxy groups -OCH3 is 1. The molecule has 0 unspecified atom stereocenters. The monoisotopic (exact) mass is 263 g/mol. The lowest BCUT2D eigenvalue weighted by molar-refractivity contribution is 0.270. The van der Waals surface area contributed by atoms with E-state index in [4.69, 9.17) is 9.47 Å². The molecule has 1 N–H and O–H groups in total. The normalized spacial score (nSPS) is 10.5. The molecule has 0 saturated carbocycles. The minimum atomic E-state index is 0.636. The molecule has 0 aromatic heterocycles. The van der Waals surface area contributed by atoms with Gasteiger partial charge in [0.25, 0.3) is 0 Å². The number of para-hydroxylation sites is 1. The van der Waals surface area contributed by atoms with Crippen LogP contribution < -0.4 is 14.8 Å². The van der Waals surface area contributed by atoms with Crippen LogP contribution in [-0.4, -0.2) is 20.3 Å². The van der Waals surface area contributed by atoms with Crippen molar-refractivity contribution in [3.8, 4) is 11.5 Å². The third kappa shape index (κ3) is 5.35. The van der Waals surface area contributed by atoms with E-state index in [0.29, 0.717) is 12.5 Å². The predicted octanol–water partition coefficient (Wildman–Crippen LogP) is 3.40. The van der Waals surface area contributed by atoms with E-state index in [1.165, 1.54) is 0 Å². The van der Waals surface area contributed by atoms with Crippen molar-refractivity contribution in [1.29, 1.82) is 0 Å². The first-order chi connectivity index (χ1) is 9.19. The number of benzene rings is 1. The Morgan fingerprint density at radius 1 is 1.37 bits per heavy atom. The Kier molecular flexibility index (Phi) is 7.04. The average Bonchev–Trinajstić information content (AvgIpc) is 2.40. The second kappa shape index (κ2) is 8.59. The van der Waals surface area contributed by atoms with Gasteiger partial charge in [0.2, 0.25) is 0 Å². The topological polar surface area (TPSA) is 30.5 Å². The molecule has 1 rings (SSSR count). The van der Waals surface area contributed by atoms with E-state index >= 15 is 0 Å². The average molecular weight is 263 g/mol. The molecule has 0 aliphatic carbocycles. The van der Waals surface area contributed by atoms with Crippen LogP contribution in [0.4, 0.5) is 0 Å². The number of rotatable bonds is 9. The summed E-state index contributed by atoms with van der Waals surface area (Å²) in [4.78, 5) is 0. The Morgan fingerprint density at radius 2 is 2.16 bits per heavy atom. The summed E-state index contributed by atoms with van der Waals surface area (Å²) < 4.78 is 11.3. The maximum atomic E-state index is 5.91. The van der Waals surface area contributed by atoms with E-state index < -0.39 is 0 Å². The second-order valence-electron chi connectivity index (χ2n) is 4.90. The predicted molar refractivity (Wildman–Crippen MR) is 79.8 cm³/mol. The number of hydrogen-bond acceptors (Lipinski definition) is 3. The van der Waals surface area contributed by atoms with Crippen LogP contribution in [0.25, 0.3) is 0 Å². The van der Waals surface area contributed by atoms with Crippen LogP contribution in [0.2, 0.25) is 0 Å². The molecular weight excluding hydrogens is 238 g/mol. The highest BCUT2D eigenvalue weighted by atomic mass is 16.5. The van der Waals surface area contributed by atoms with E-state index in [1.807, 2.05) is 18.2 Å². The summed E-state index contributed by atoms with van der Waals surface area (Å²) in [6.45, 7) is 10.3. The molecule has 1 aromatic carbocycles. The fourth-order valence-electron chi connectivity index (χ4n) is 1.73. The van der Waals surface area contributed by atoms with Gasteiger partial charge < -0.3 is 14.8 Å². The van der Waals surface area contributed by atoms with Gasteiger partial charge in [-0.25, -0.2) is 0 Å². The van der Waals surface area contributed by atoms with Crippen LogP contribution in [0.3, 0.4) is 0 Å². The zero-order valence-corrected chi connectivity index (χ0v) is 12.2. The number of nitrogens with one attached hydrogen (secondary N) is 1. The van der Waals surface area contributed by atoms with Gasteiger partial charge >= 0.3 is 0 Å². The standard InChI is InChI=1S/C16H25NO2/c1-5-10-17-12-14-7-6-8-15(18-4)16(14)19-11-9-13(2)3/h5-8,13,17H,1,9-12H2,2-4H3. The molecule has 0 amide bonds. The van der Waals surface area contributed by atoms with Gasteiger partial charge in [-0.1, -0.05) is 32.1 Å². The maximum Gasteiger partial charge on any atom is 0.165 e. The van der Waals surface area contributed by atoms with E-state index in [0.717, 1.165) is 36.6 Å². The van der Waals surface area contributed by atoms with Crippen molar-refractivity contribution in [2.75, 3.05) is 20.3 Å². The van der Waals surface area contributed by atoms with Crippen molar-refractivity contribution in [2.24, 2.45) is 5.92 Å². The van der Waals surface area contributed by atoms with Crippen molar-refractivity contribution in [3.63, 3.8) is 0 Å². The van der Waals surface area contributed by atoms with E-state index in [9.17, 15) is 0 Å². The molecule has 0 fully saturated rings. The molecule has 0 bridgehead atoms. The lowest BCUT2D eigenvalue weighted by Crippen LogP contribution is -2.14. The molecule has 19 heavy (non-hydrogen) atoms. The highest BCUT2D eigenvalue weighted by molar-refractivity contribution is 5.46. The van der Waals surface area contributed by atoms with Gasteiger partial charge in [0, 0.05) is 18.7 Å². The highest BCUT2D eigenvalue weighted by Crippen LogP contribution is 2.31. The van der Waals surface area contributed by atoms with Gasteiger partial charge in [-0.15, -0.1) is 6.58 Å². The lowest BCUT2D eigenvalue weighted by atomic mass is 10.1. The summed E-state index contributed by atoms with van der Waals surface area (Å²) in [5.74, 6) is 2.28. The van der Waals surface area contributed by atoms with Crippen molar-refractivity contribution in [3.05, 3.63) is 36.4 Å². The van der Waals surface area contributed by atoms with Gasteiger partial charge in [0.05, 0.1) is 13.7 Å². The van der Waals surface area contributed by atoms with Crippen LogP contribution in [0.1, 0.15) is 25.8 Å². The van der Waals surface area contributed by atoms with Crippen molar-refractivity contribution < 1.29 is 9.47 Å². The van der Waals surface area contributed by atoms with Gasteiger partial charge in [-0.2, -0.15) is 0 Å². The number of hydrogen-bond donors (Lipinski definition) is 1. The third-order valence-electron chi connectivity index (χ3n) is 2.83. The highest BCUT2D eigenvalue weighted by Gasteiger charge is 2.10. The van der Waals surface area contributed by atoms with E-state index in [-0.39, 0.29) is 0 Å². The molecule has 0 radical (unpaired) electrons. The van der Waals surface area contributed by atoms with Crippen molar-refractivity contribution in [2.45, 2.75) is 26.8 Å². The molecular formula is C16H25NO2. The smallest absolute Gasteiger partial charge is 0.165 e. The van der Waals surface area contributed by atoms with Crippen LogP contribution in [0.15, 0.2) is 30.9 Å². The summed E-state index contributed by atoms with van der Waals surface area (Å²) in [7, 11) is 1.67. The van der Waals surface area contributed by atoms with Gasteiger partial charge in [-0.05, 0) is 18.4 Å². The Balaban J connectivity index is 2.74. The summed E-state index contributed by atoms with van der Waals surface area (Å²) in [6, 6.07) is 5.98. The summed E-state index contributed by atoms with van der Waals surface area (Å²) in [5, 5.41) is 3.29. The maximum absolute atomic E-state index is 5.91. The van der Waals surface area contributed by atoms with Crippen molar-refractivity contribution in [1.82, 2.24) is 5.32 Å². The molecule has 0 aliphatic heterocycles. The molecule has 3 nitrogen and oxygen atoms in total. The zero-order valence-electron chi connectivity index (χ0n) is 12.2. The van der Waals surface area contributed by atoms with Crippen LogP contribution in [0, 0.1) is 5.92 Å².